The van der Waals surface area contributed by atoms with Crippen LogP contribution in [0.4, 0.5) is 5.69 Å². The number of thiophene rings is 1. The molecule has 0 fully saturated rings. The third-order valence-corrected chi connectivity index (χ3v) is 8.52. The summed E-state index contributed by atoms with van der Waals surface area (Å²) in [7, 11) is 0.410. The fourth-order valence-corrected chi connectivity index (χ4v) is 6.33. The summed E-state index contributed by atoms with van der Waals surface area (Å²) in [5.74, 6) is -0.968. The van der Waals surface area contributed by atoms with Crippen molar-refractivity contribution in [3.05, 3.63) is 89.1 Å². The van der Waals surface area contributed by atoms with Gasteiger partial charge in [0.2, 0.25) is 0 Å². The fourth-order valence-electron chi connectivity index (χ4n) is 3.90. The van der Waals surface area contributed by atoms with Crippen LogP contribution in [0.3, 0.4) is 0 Å². The maximum absolute atomic E-state index is 12.0. The van der Waals surface area contributed by atoms with Crippen molar-refractivity contribution in [2.24, 2.45) is 0 Å². The highest BCUT2D eigenvalue weighted by Crippen LogP contribution is 2.43. The van der Waals surface area contributed by atoms with Gasteiger partial charge < -0.3 is 14.7 Å². The van der Waals surface area contributed by atoms with Gasteiger partial charge >= 0.3 is 5.97 Å². The van der Waals surface area contributed by atoms with E-state index in [4.69, 9.17) is 4.52 Å². The zero-order valence-electron chi connectivity index (χ0n) is 19.4. The van der Waals surface area contributed by atoms with Crippen molar-refractivity contribution in [3.63, 3.8) is 0 Å². The first-order chi connectivity index (χ1) is 16.9. The van der Waals surface area contributed by atoms with Crippen LogP contribution >= 0.6 is 19.6 Å². The van der Waals surface area contributed by atoms with Crippen molar-refractivity contribution in [2.45, 2.75) is 13.8 Å². The molecule has 3 heterocycles. The predicted octanol–water partition coefficient (Wildman–Crippen LogP) is 6.14. The molecule has 35 heavy (non-hydrogen) atoms. The molecule has 2 N–H and O–H groups in total. The number of hydrogen-bond donors (Lipinski definition) is 2. The highest BCUT2D eigenvalue weighted by molar-refractivity contribution is 7.62. The van der Waals surface area contributed by atoms with Gasteiger partial charge in [-0.15, -0.1) is 11.3 Å². The van der Waals surface area contributed by atoms with E-state index in [1.807, 2.05) is 74.6 Å². The minimum Gasteiger partial charge on any atom is -0.477 e. The van der Waals surface area contributed by atoms with Gasteiger partial charge in [0.15, 0.2) is 13.9 Å². The standard InChI is InChI=1S/C26H23N4O3PS/c1-16-5-10-22(17(2)13-16)34(33-3)29-21-14-23(35-25(21)26(31)32)19-8-6-18(7-9-19)20-15-24-27-11-4-12-30(24)28-20/h4-15,29H,1-3H3,(H,31,32). The lowest BCUT2D eigenvalue weighted by molar-refractivity contribution is 0.0703. The molecule has 5 aromatic rings. The molecule has 5 rings (SSSR count). The lowest BCUT2D eigenvalue weighted by atomic mass is 10.1. The number of aromatic carboxylic acids is 1. The number of fused-ring (bicyclic) bond motifs is 1. The molecule has 0 amide bonds. The number of carbonyl (C=O) groups is 1. The average Bonchev–Trinajstić information content (AvgIpc) is 3.48. The molecule has 3 aromatic heterocycles. The molecule has 0 aliphatic heterocycles. The van der Waals surface area contributed by atoms with Crippen LogP contribution in [0.5, 0.6) is 0 Å². The highest BCUT2D eigenvalue weighted by atomic mass is 32.1. The van der Waals surface area contributed by atoms with Crippen LogP contribution in [-0.4, -0.2) is 32.8 Å². The van der Waals surface area contributed by atoms with Gasteiger partial charge in [-0.3, -0.25) is 0 Å². The number of rotatable bonds is 7. The Labute approximate surface area is 207 Å². The smallest absolute Gasteiger partial charge is 0.348 e. The molecule has 0 radical (unpaired) electrons. The summed E-state index contributed by atoms with van der Waals surface area (Å²) >= 11 is 1.24. The molecule has 1 atom stereocenters. The maximum atomic E-state index is 12.0. The molecule has 176 valence electrons. The van der Waals surface area contributed by atoms with E-state index in [1.54, 1.807) is 17.8 Å². The van der Waals surface area contributed by atoms with E-state index >= 15 is 0 Å². The topological polar surface area (TPSA) is 88.8 Å². The van der Waals surface area contributed by atoms with E-state index in [-0.39, 0.29) is 4.88 Å². The lowest BCUT2D eigenvalue weighted by Gasteiger charge is -2.19. The molecule has 0 bridgehead atoms. The van der Waals surface area contributed by atoms with Crippen LogP contribution in [0.15, 0.2) is 73.1 Å². The number of benzene rings is 2. The van der Waals surface area contributed by atoms with Gasteiger partial charge in [-0.25, -0.2) is 14.3 Å². The molecule has 1 unspecified atom stereocenters. The van der Waals surface area contributed by atoms with Crippen LogP contribution in [-0.2, 0) is 4.52 Å². The summed E-state index contributed by atoms with van der Waals surface area (Å²) in [5, 5.41) is 18.8. The fraction of sp³-hybridized carbons (Fsp3) is 0.115. The van der Waals surface area contributed by atoms with Gasteiger partial charge in [-0.2, -0.15) is 5.10 Å². The van der Waals surface area contributed by atoms with Crippen LogP contribution in [0.1, 0.15) is 20.8 Å². The van der Waals surface area contributed by atoms with E-state index in [2.05, 4.69) is 21.2 Å². The number of aryl methyl sites for hydroxylation is 2. The number of carboxylic acid groups (broad SMARTS) is 1. The SMILES string of the molecule is COP(Nc1cc(-c2ccc(-c3cc4ncccn4n3)cc2)sc1C(=O)O)c1ccc(C)cc1C. The number of aromatic nitrogens is 3. The second-order valence-electron chi connectivity index (χ2n) is 8.07. The zero-order chi connectivity index (χ0) is 24.5. The molecule has 0 aliphatic carbocycles. The predicted molar refractivity (Wildman–Crippen MR) is 142 cm³/mol. The Morgan fingerprint density at radius 1 is 1.09 bits per heavy atom. The molecular formula is C26H23N4O3PS. The molecule has 2 aromatic carbocycles. The summed E-state index contributed by atoms with van der Waals surface area (Å²) < 4.78 is 7.49. The minimum atomic E-state index is -1.23. The lowest BCUT2D eigenvalue weighted by Crippen LogP contribution is -2.13. The summed E-state index contributed by atoms with van der Waals surface area (Å²) in [4.78, 5) is 17.5. The monoisotopic (exact) mass is 502 g/mol. The van der Waals surface area contributed by atoms with E-state index in [0.717, 1.165) is 38.2 Å². The quantitative estimate of drug-likeness (QED) is 0.260. The second kappa shape index (κ2) is 9.58. The summed E-state index contributed by atoms with van der Waals surface area (Å²) in [5.41, 5.74) is 6.34. The average molecular weight is 503 g/mol. The normalized spacial score (nSPS) is 12.1. The largest absolute Gasteiger partial charge is 0.477 e. The van der Waals surface area contributed by atoms with Crippen LogP contribution in [0.25, 0.3) is 27.3 Å². The summed E-state index contributed by atoms with van der Waals surface area (Å²) in [6.45, 7) is 4.08. The molecular weight excluding hydrogens is 479 g/mol. The first-order valence-corrected chi connectivity index (χ1v) is 13.0. The molecule has 9 heteroatoms. The molecule has 0 spiro atoms. The summed E-state index contributed by atoms with van der Waals surface area (Å²) in [6, 6.07) is 19.8. The Morgan fingerprint density at radius 2 is 1.86 bits per heavy atom. The van der Waals surface area contributed by atoms with Gasteiger partial charge in [0.25, 0.3) is 0 Å². The third kappa shape index (κ3) is 4.68. The first kappa shape index (κ1) is 23.2. The minimum absolute atomic E-state index is 0.254. The number of hydrogen-bond acceptors (Lipinski definition) is 6. The van der Waals surface area contributed by atoms with Crippen molar-refractivity contribution in [1.29, 1.82) is 0 Å². The molecule has 0 saturated heterocycles. The van der Waals surface area contributed by atoms with Gasteiger partial charge in [0, 0.05) is 41.3 Å². The van der Waals surface area contributed by atoms with Crippen molar-refractivity contribution in [3.8, 4) is 21.7 Å². The van der Waals surface area contributed by atoms with Crippen LogP contribution < -0.4 is 10.4 Å². The Hall–Kier alpha value is -3.58. The van der Waals surface area contributed by atoms with Gasteiger partial charge in [0.05, 0.1) is 11.4 Å². The van der Waals surface area contributed by atoms with E-state index in [1.165, 1.54) is 16.9 Å². The highest BCUT2D eigenvalue weighted by Gasteiger charge is 2.21. The first-order valence-electron chi connectivity index (χ1n) is 10.9. The Kier molecular flexibility index (Phi) is 6.34. The van der Waals surface area contributed by atoms with Crippen molar-refractivity contribution in [2.75, 3.05) is 12.2 Å². The van der Waals surface area contributed by atoms with Gasteiger partial charge in [-0.1, -0.05) is 42.0 Å². The molecule has 7 nitrogen and oxygen atoms in total. The maximum Gasteiger partial charge on any atom is 0.348 e. The van der Waals surface area contributed by atoms with Crippen molar-refractivity contribution in [1.82, 2.24) is 14.6 Å². The van der Waals surface area contributed by atoms with E-state index < -0.39 is 14.3 Å². The van der Waals surface area contributed by atoms with Gasteiger partial charge in [-0.05, 0) is 43.2 Å². The molecule has 0 aliphatic rings. The van der Waals surface area contributed by atoms with Crippen LogP contribution in [0.2, 0.25) is 0 Å². The molecule has 0 saturated carbocycles. The third-order valence-electron chi connectivity index (χ3n) is 5.60. The van der Waals surface area contributed by atoms with Crippen molar-refractivity contribution < 1.29 is 14.4 Å². The van der Waals surface area contributed by atoms with Gasteiger partial charge in [0.1, 0.15) is 4.88 Å². The number of carboxylic acids is 1. The summed E-state index contributed by atoms with van der Waals surface area (Å²) in [6.07, 6.45) is 3.60. The van der Waals surface area contributed by atoms with Crippen molar-refractivity contribution >= 4 is 42.2 Å². The Bertz CT molecular complexity index is 1490. The van der Waals surface area contributed by atoms with Crippen LogP contribution in [0, 0.1) is 13.8 Å². The Balaban J connectivity index is 1.44. The number of anilines is 1. The zero-order valence-corrected chi connectivity index (χ0v) is 21.1. The second-order valence-corrected chi connectivity index (χ2v) is 10.8. The van der Waals surface area contributed by atoms with E-state index in [0.29, 0.717) is 5.69 Å². The van der Waals surface area contributed by atoms with E-state index in [9.17, 15) is 9.90 Å². The number of nitrogens with one attached hydrogen (secondary N) is 1. The number of nitrogens with zero attached hydrogens (tertiary/aromatic N) is 3. The Morgan fingerprint density at radius 3 is 2.54 bits per heavy atom.